The summed E-state index contributed by atoms with van der Waals surface area (Å²) in [6, 6.07) is 7.79. The molecule has 2 aromatic heterocycles. The van der Waals surface area contributed by atoms with Gasteiger partial charge in [0.1, 0.15) is 12.7 Å². The summed E-state index contributed by atoms with van der Waals surface area (Å²) >= 11 is 6.55. The molecule has 2 heterocycles. The Morgan fingerprint density at radius 2 is 2.17 bits per heavy atom. The third-order valence-corrected chi connectivity index (χ3v) is 5.04. The van der Waals surface area contributed by atoms with Crippen LogP contribution < -0.4 is 5.32 Å². The van der Waals surface area contributed by atoms with Gasteiger partial charge in [-0.15, -0.1) is 11.3 Å². The molecule has 3 rings (SSSR count). The first-order valence-corrected chi connectivity index (χ1v) is 8.68. The van der Waals surface area contributed by atoms with Crippen molar-refractivity contribution in [3.8, 4) is 5.69 Å². The van der Waals surface area contributed by atoms with Crippen LogP contribution in [0.15, 0.2) is 36.9 Å². The highest BCUT2D eigenvalue weighted by molar-refractivity contribution is 7.73. The quantitative estimate of drug-likeness (QED) is 0.686. The number of carbonyl (C=O) groups is 1. The summed E-state index contributed by atoms with van der Waals surface area (Å²) < 4.78 is 2.39. The average Bonchev–Trinajstić information content (AvgIpc) is 3.18. The molecule has 124 valence electrons. The van der Waals surface area contributed by atoms with Gasteiger partial charge >= 0.3 is 0 Å². The molecule has 1 atom stereocenters. The second-order valence-electron chi connectivity index (χ2n) is 5.46. The lowest BCUT2D eigenvalue weighted by molar-refractivity contribution is -0.121. The number of aromatic amines is 1. The molecular formula is C16H17N5OS2. The fourth-order valence-electron chi connectivity index (χ4n) is 2.38. The van der Waals surface area contributed by atoms with E-state index in [1.54, 1.807) is 11.0 Å². The molecule has 0 radical (unpaired) electrons. The van der Waals surface area contributed by atoms with Crippen LogP contribution in [0, 0.1) is 10.9 Å². The van der Waals surface area contributed by atoms with E-state index in [0.29, 0.717) is 10.4 Å². The number of nitrogens with zero attached hydrogens (tertiary/aromatic N) is 3. The zero-order chi connectivity index (χ0) is 17.1. The van der Waals surface area contributed by atoms with Gasteiger partial charge in [0.15, 0.2) is 3.95 Å². The number of benzene rings is 1. The number of aryl methyl sites for hydroxylation is 1. The van der Waals surface area contributed by atoms with Gasteiger partial charge in [-0.1, -0.05) is 12.1 Å². The maximum Gasteiger partial charge on any atom is 0.225 e. The largest absolute Gasteiger partial charge is 0.349 e. The fourth-order valence-corrected chi connectivity index (χ4v) is 3.67. The van der Waals surface area contributed by atoms with Crippen LogP contribution >= 0.6 is 23.6 Å². The predicted octanol–water partition coefficient (Wildman–Crippen LogP) is 3.11. The number of amides is 1. The summed E-state index contributed by atoms with van der Waals surface area (Å²) in [6.07, 6.45) is 3.48. The molecule has 0 bridgehead atoms. The molecule has 0 aliphatic heterocycles. The molecule has 0 saturated carbocycles. The zero-order valence-electron chi connectivity index (χ0n) is 13.3. The van der Waals surface area contributed by atoms with Gasteiger partial charge in [-0.25, -0.2) is 9.67 Å². The van der Waals surface area contributed by atoms with Gasteiger partial charge in [0.2, 0.25) is 5.91 Å². The van der Waals surface area contributed by atoms with Gasteiger partial charge in [0.05, 0.1) is 18.2 Å². The van der Waals surface area contributed by atoms with Crippen molar-refractivity contribution in [2.24, 2.45) is 0 Å². The minimum atomic E-state index is -0.0745. The topological polar surface area (TPSA) is 75.6 Å². The first kappa shape index (κ1) is 16.5. The SMILES string of the molecule is Cc1[nH]c(=S)sc1CC(=O)NC(C)c1ccc(-n2cncn2)cc1. The summed E-state index contributed by atoms with van der Waals surface area (Å²) in [6.45, 7) is 3.90. The lowest BCUT2D eigenvalue weighted by atomic mass is 10.1. The number of rotatable bonds is 5. The predicted molar refractivity (Wildman–Crippen MR) is 95.9 cm³/mol. The van der Waals surface area contributed by atoms with Crippen molar-refractivity contribution in [3.63, 3.8) is 0 Å². The fraction of sp³-hybridized carbons (Fsp3) is 0.250. The second-order valence-corrected chi connectivity index (χ2v) is 7.23. The first-order valence-electron chi connectivity index (χ1n) is 7.46. The lowest BCUT2D eigenvalue weighted by Gasteiger charge is -2.14. The van der Waals surface area contributed by atoms with Crippen LogP contribution in [-0.4, -0.2) is 25.7 Å². The molecule has 6 nitrogen and oxygen atoms in total. The number of H-pyrrole nitrogens is 1. The normalized spacial score (nSPS) is 12.1. The smallest absolute Gasteiger partial charge is 0.225 e. The minimum Gasteiger partial charge on any atom is -0.349 e. The van der Waals surface area contributed by atoms with E-state index in [1.165, 1.54) is 17.7 Å². The zero-order valence-corrected chi connectivity index (χ0v) is 14.9. The summed E-state index contributed by atoms with van der Waals surface area (Å²) in [5.74, 6) is -0.0174. The summed E-state index contributed by atoms with van der Waals surface area (Å²) in [4.78, 5) is 20.2. The van der Waals surface area contributed by atoms with Gasteiger partial charge in [0, 0.05) is 10.6 Å². The molecule has 0 spiro atoms. The maximum absolute atomic E-state index is 12.2. The Morgan fingerprint density at radius 3 is 2.75 bits per heavy atom. The van der Waals surface area contributed by atoms with Crippen molar-refractivity contribution in [1.82, 2.24) is 25.1 Å². The van der Waals surface area contributed by atoms with Crippen molar-refractivity contribution in [2.45, 2.75) is 26.3 Å². The van der Waals surface area contributed by atoms with E-state index in [4.69, 9.17) is 12.2 Å². The third-order valence-electron chi connectivity index (χ3n) is 3.70. The Labute approximate surface area is 148 Å². The Hall–Kier alpha value is -2.32. The Bertz CT molecular complexity index is 880. The Kier molecular flexibility index (Phi) is 4.86. The van der Waals surface area contributed by atoms with Crippen LogP contribution in [0.2, 0.25) is 0 Å². The van der Waals surface area contributed by atoms with Crippen molar-refractivity contribution >= 4 is 29.5 Å². The van der Waals surface area contributed by atoms with Crippen LogP contribution in [0.3, 0.4) is 0 Å². The molecule has 0 fully saturated rings. The third kappa shape index (κ3) is 3.77. The van der Waals surface area contributed by atoms with E-state index < -0.39 is 0 Å². The van der Waals surface area contributed by atoms with Crippen molar-refractivity contribution in [1.29, 1.82) is 0 Å². The van der Waals surface area contributed by atoms with Crippen LogP contribution in [0.4, 0.5) is 0 Å². The molecule has 2 N–H and O–H groups in total. The molecule has 0 saturated heterocycles. The monoisotopic (exact) mass is 359 g/mol. The number of carbonyl (C=O) groups excluding carboxylic acids is 1. The number of thiazole rings is 1. The summed E-state index contributed by atoms with van der Waals surface area (Å²) in [5.41, 5.74) is 2.92. The van der Waals surface area contributed by atoms with Gasteiger partial charge in [-0.2, -0.15) is 5.10 Å². The van der Waals surface area contributed by atoms with E-state index in [0.717, 1.165) is 21.8 Å². The minimum absolute atomic E-state index is 0.0174. The summed E-state index contributed by atoms with van der Waals surface area (Å²) in [7, 11) is 0. The van der Waals surface area contributed by atoms with E-state index in [9.17, 15) is 4.79 Å². The number of hydrogen-bond donors (Lipinski definition) is 2. The number of hydrogen-bond acceptors (Lipinski definition) is 5. The molecule has 3 aromatic rings. The van der Waals surface area contributed by atoms with E-state index in [1.807, 2.05) is 38.1 Å². The molecule has 0 aliphatic carbocycles. The molecule has 24 heavy (non-hydrogen) atoms. The van der Waals surface area contributed by atoms with Crippen LogP contribution in [-0.2, 0) is 11.2 Å². The lowest BCUT2D eigenvalue weighted by Crippen LogP contribution is -2.28. The molecular weight excluding hydrogens is 342 g/mol. The van der Waals surface area contributed by atoms with Crippen molar-refractivity contribution in [3.05, 3.63) is 57.0 Å². The van der Waals surface area contributed by atoms with Gasteiger partial charge in [-0.05, 0) is 43.8 Å². The highest BCUT2D eigenvalue weighted by Crippen LogP contribution is 2.18. The number of aromatic nitrogens is 4. The van der Waals surface area contributed by atoms with Crippen molar-refractivity contribution in [2.75, 3.05) is 0 Å². The number of nitrogens with one attached hydrogen (secondary N) is 2. The molecule has 8 heteroatoms. The van der Waals surface area contributed by atoms with Crippen molar-refractivity contribution < 1.29 is 4.79 Å². The standard InChI is InChI=1S/C16H17N5OS2/c1-10(19-15(22)7-14-11(2)20-16(23)24-14)12-3-5-13(6-4-12)21-9-17-8-18-21/h3-6,8-10H,7H2,1-2H3,(H,19,22)(H,20,23). The molecule has 1 amide bonds. The van der Waals surface area contributed by atoms with Crippen LogP contribution in [0.5, 0.6) is 0 Å². The van der Waals surface area contributed by atoms with Crippen LogP contribution in [0.25, 0.3) is 5.69 Å². The van der Waals surface area contributed by atoms with E-state index >= 15 is 0 Å². The summed E-state index contributed by atoms with van der Waals surface area (Å²) in [5, 5.41) is 7.11. The van der Waals surface area contributed by atoms with Gasteiger partial charge in [0.25, 0.3) is 0 Å². The van der Waals surface area contributed by atoms with Gasteiger partial charge in [-0.3, -0.25) is 4.79 Å². The average molecular weight is 359 g/mol. The highest BCUT2D eigenvalue weighted by Gasteiger charge is 2.13. The van der Waals surface area contributed by atoms with E-state index in [2.05, 4.69) is 20.4 Å². The molecule has 0 aliphatic rings. The Morgan fingerprint density at radius 1 is 1.42 bits per heavy atom. The maximum atomic E-state index is 12.2. The molecule has 1 aromatic carbocycles. The molecule has 1 unspecified atom stereocenters. The van der Waals surface area contributed by atoms with E-state index in [-0.39, 0.29) is 11.9 Å². The Balaban J connectivity index is 1.64. The second kappa shape index (κ2) is 7.06. The first-order chi connectivity index (χ1) is 11.5. The van der Waals surface area contributed by atoms with Gasteiger partial charge < -0.3 is 10.3 Å². The van der Waals surface area contributed by atoms with Crippen LogP contribution in [0.1, 0.15) is 29.1 Å². The highest BCUT2D eigenvalue weighted by atomic mass is 32.1.